The summed E-state index contributed by atoms with van der Waals surface area (Å²) in [6.45, 7) is 7.61. The fraction of sp³-hybridized carbons (Fsp3) is 0.444. The topological polar surface area (TPSA) is 60.5 Å². The minimum atomic E-state index is -0.00346. The van der Waals surface area contributed by atoms with Crippen molar-refractivity contribution in [2.24, 2.45) is 0 Å². The van der Waals surface area contributed by atoms with E-state index in [0.717, 1.165) is 34.2 Å². The van der Waals surface area contributed by atoms with Crippen LogP contribution in [0.15, 0.2) is 23.6 Å². The molecule has 130 valence electrons. The molecule has 0 spiro atoms. The Labute approximate surface area is 147 Å². The zero-order valence-corrected chi connectivity index (χ0v) is 15.2. The van der Waals surface area contributed by atoms with Crippen LogP contribution in [0.25, 0.3) is 0 Å². The summed E-state index contributed by atoms with van der Waals surface area (Å²) >= 11 is 1.56. The molecule has 0 radical (unpaired) electrons. The lowest BCUT2D eigenvalue weighted by atomic mass is 10.1. The maximum atomic E-state index is 11.9. The number of nitrogens with one attached hydrogen (secondary N) is 1. The van der Waals surface area contributed by atoms with Gasteiger partial charge in [0.2, 0.25) is 5.91 Å². The lowest BCUT2D eigenvalue weighted by Crippen LogP contribution is -2.27. The van der Waals surface area contributed by atoms with Crippen LogP contribution in [0.2, 0.25) is 0 Å². The van der Waals surface area contributed by atoms with Crippen LogP contribution >= 0.6 is 11.3 Å². The van der Waals surface area contributed by atoms with Gasteiger partial charge in [0.15, 0.2) is 11.5 Å². The van der Waals surface area contributed by atoms with Gasteiger partial charge in [-0.25, -0.2) is 4.98 Å². The minimum absolute atomic E-state index is 0.00346. The first-order chi connectivity index (χ1) is 11.6. The molecule has 2 rings (SSSR count). The summed E-state index contributed by atoms with van der Waals surface area (Å²) in [6.07, 6.45) is 1.08. The van der Waals surface area contributed by atoms with Crippen molar-refractivity contribution in [2.75, 3.05) is 19.8 Å². The molecule has 1 N–H and O–H groups in total. The van der Waals surface area contributed by atoms with Crippen molar-refractivity contribution in [3.8, 4) is 11.5 Å². The third-order valence-corrected chi connectivity index (χ3v) is 4.17. The van der Waals surface area contributed by atoms with E-state index < -0.39 is 0 Å². The van der Waals surface area contributed by atoms with Gasteiger partial charge in [0, 0.05) is 11.9 Å². The first kappa shape index (κ1) is 18.3. The first-order valence-corrected chi connectivity index (χ1v) is 9.06. The standard InChI is InChI=1S/C18H24N2O3S/c1-4-22-16-7-6-14(10-17(16)23-5-2)8-9-19-18(21)11-15-12-24-13(3)20-15/h6-7,10,12H,4-5,8-9,11H2,1-3H3,(H,19,21). The summed E-state index contributed by atoms with van der Waals surface area (Å²) in [5, 5.41) is 5.84. The SMILES string of the molecule is CCOc1ccc(CCNC(=O)Cc2csc(C)n2)cc1OCC. The number of carbonyl (C=O) groups is 1. The Morgan fingerprint density at radius 1 is 1.21 bits per heavy atom. The number of amides is 1. The number of aryl methyl sites for hydroxylation is 1. The summed E-state index contributed by atoms with van der Waals surface area (Å²) in [6, 6.07) is 5.90. The molecule has 1 aromatic heterocycles. The number of thiazole rings is 1. The van der Waals surface area contributed by atoms with Gasteiger partial charge in [-0.1, -0.05) is 6.07 Å². The van der Waals surface area contributed by atoms with Gasteiger partial charge in [0.1, 0.15) is 0 Å². The second-order valence-electron chi connectivity index (χ2n) is 5.28. The molecule has 0 fully saturated rings. The highest BCUT2D eigenvalue weighted by atomic mass is 32.1. The Morgan fingerprint density at radius 2 is 1.96 bits per heavy atom. The number of ether oxygens (including phenoxy) is 2. The van der Waals surface area contributed by atoms with Crippen LogP contribution in [0.3, 0.4) is 0 Å². The molecule has 2 aromatic rings. The van der Waals surface area contributed by atoms with Crippen LogP contribution in [0.4, 0.5) is 0 Å². The molecule has 0 aliphatic carbocycles. The van der Waals surface area contributed by atoms with Crippen molar-refractivity contribution in [3.63, 3.8) is 0 Å². The molecule has 1 aromatic carbocycles. The Kier molecular flexibility index (Phi) is 7.06. The van der Waals surface area contributed by atoms with Crippen LogP contribution < -0.4 is 14.8 Å². The normalized spacial score (nSPS) is 10.5. The number of nitrogens with zero attached hydrogens (tertiary/aromatic N) is 1. The van der Waals surface area contributed by atoms with Gasteiger partial charge in [0.25, 0.3) is 0 Å². The summed E-state index contributed by atoms with van der Waals surface area (Å²) in [4.78, 5) is 16.2. The lowest BCUT2D eigenvalue weighted by Gasteiger charge is -2.12. The average Bonchev–Trinajstić information content (AvgIpc) is 2.95. The predicted molar refractivity (Wildman–Crippen MR) is 96.0 cm³/mol. The molecule has 1 heterocycles. The van der Waals surface area contributed by atoms with Gasteiger partial charge >= 0.3 is 0 Å². The van der Waals surface area contributed by atoms with E-state index in [1.807, 2.05) is 44.4 Å². The van der Waals surface area contributed by atoms with Crippen LogP contribution in [0.5, 0.6) is 11.5 Å². The average molecular weight is 348 g/mol. The highest BCUT2D eigenvalue weighted by Crippen LogP contribution is 2.28. The Bertz CT molecular complexity index is 670. The van der Waals surface area contributed by atoms with E-state index in [4.69, 9.17) is 9.47 Å². The predicted octanol–water partition coefficient (Wildman–Crippen LogP) is 3.15. The number of aromatic nitrogens is 1. The number of carbonyl (C=O) groups excluding carboxylic acids is 1. The van der Waals surface area contributed by atoms with E-state index in [1.165, 1.54) is 0 Å². The molecular formula is C18H24N2O3S. The lowest BCUT2D eigenvalue weighted by molar-refractivity contribution is -0.120. The van der Waals surface area contributed by atoms with E-state index in [9.17, 15) is 4.79 Å². The third kappa shape index (κ3) is 5.53. The number of rotatable bonds is 9. The Hall–Kier alpha value is -2.08. The van der Waals surface area contributed by atoms with Gasteiger partial charge in [-0.05, 0) is 44.9 Å². The second kappa shape index (κ2) is 9.27. The van der Waals surface area contributed by atoms with Crippen molar-refractivity contribution in [3.05, 3.63) is 39.8 Å². The molecule has 5 nitrogen and oxygen atoms in total. The molecule has 1 amide bonds. The van der Waals surface area contributed by atoms with Gasteiger partial charge in [-0.2, -0.15) is 0 Å². The van der Waals surface area contributed by atoms with E-state index in [0.29, 0.717) is 26.2 Å². The molecule has 0 atom stereocenters. The third-order valence-electron chi connectivity index (χ3n) is 3.35. The molecule has 0 aliphatic rings. The van der Waals surface area contributed by atoms with Crippen molar-refractivity contribution < 1.29 is 14.3 Å². The molecule has 0 unspecified atom stereocenters. The van der Waals surface area contributed by atoms with E-state index in [1.54, 1.807) is 11.3 Å². The van der Waals surface area contributed by atoms with Crippen molar-refractivity contribution in [1.82, 2.24) is 10.3 Å². The molecule has 6 heteroatoms. The van der Waals surface area contributed by atoms with Gasteiger partial charge in [-0.15, -0.1) is 11.3 Å². The van der Waals surface area contributed by atoms with Gasteiger partial charge in [0.05, 0.1) is 30.3 Å². The highest BCUT2D eigenvalue weighted by Gasteiger charge is 2.08. The summed E-state index contributed by atoms with van der Waals surface area (Å²) in [5.74, 6) is 1.50. The summed E-state index contributed by atoms with van der Waals surface area (Å²) in [7, 11) is 0. The van der Waals surface area contributed by atoms with Crippen molar-refractivity contribution >= 4 is 17.2 Å². The fourth-order valence-corrected chi connectivity index (χ4v) is 2.93. The Balaban J connectivity index is 1.84. The number of hydrogen-bond donors (Lipinski definition) is 1. The number of hydrogen-bond acceptors (Lipinski definition) is 5. The zero-order chi connectivity index (χ0) is 17.4. The molecule has 24 heavy (non-hydrogen) atoms. The van der Waals surface area contributed by atoms with Gasteiger partial charge in [-0.3, -0.25) is 4.79 Å². The quantitative estimate of drug-likeness (QED) is 0.756. The molecule has 0 bridgehead atoms. The van der Waals surface area contributed by atoms with Crippen LogP contribution in [-0.4, -0.2) is 30.6 Å². The smallest absolute Gasteiger partial charge is 0.226 e. The maximum absolute atomic E-state index is 11.9. The van der Waals surface area contributed by atoms with Crippen LogP contribution in [0, 0.1) is 6.92 Å². The highest BCUT2D eigenvalue weighted by molar-refractivity contribution is 7.09. The van der Waals surface area contributed by atoms with E-state index >= 15 is 0 Å². The summed E-state index contributed by atoms with van der Waals surface area (Å²) in [5.41, 5.74) is 1.93. The van der Waals surface area contributed by atoms with Crippen LogP contribution in [0.1, 0.15) is 30.1 Å². The van der Waals surface area contributed by atoms with Crippen LogP contribution in [-0.2, 0) is 17.6 Å². The minimum Gasteiger partial charge on any atom is -0.490 e. The largest absolute Gasteiger partial charge is 0.490 e. The van der Waals surface area contributed by atoms with Crippen molar-refractivity contribution in [1.29, 1.82) is 0 Å². The first-order valence-electron chi connectivity index (χ1n) is 8.18. The fourth-order valence-electron chi connectivity index (χ4n) is 2.31. The summed E-state index contributed by atoms with van der Waals surface area (Å²) < 4.78 is 11.2. The monoisotopic (exact) mass is 348 g/mol. The molecular weight excluding hydrogens is 324 g/mol. The Morgan fingerprint density at radius 3 is 2.62 bits per heavy atom. The second-order valence-corrected chi connectivity index (χ2v) is 6.34. The van der Waals surface area contributed by atoms with E-state index in [2.05, 4.69) is 10.3 Å². The number of benzene rings is 1. The molecule has 0 aliphatic heterocycles. The van der Waals surface area contributed by atoms with E-state index in [-0.39, 0.29) is 5.91 Å². The molecule has 0 saturated heterocycles. The van der Waals surface area contributed by atoms with Crippen molar-refractivity contribution in [2.45, 2.75) is 33.6 Å². The zero-order valence-electron chi connectivity index (χ0n) is 14.4. The maximum Gasteiger partial charge on any atom is 0.226 e. The molecule has 0 saturated carbocycles. The van der Waals surface area contributed by atoms with Gasteiger partial charge < -0.3 is 14.8 Å².